The second-order valence-corrected chi connectivity index (χ2v) is 10.3. The average Bonchev–Trinajstić information content (AvgIpc) is 2.95. The van der Waals surface area contributed by atoms with Gasteiger partial charge in [-0.15, -0.1) is 0 Å². The zero-order chi connectivity index (χ0) is 27.1. The molecule has 1 N–H and O–H groups in total. The molecule has 5 nitrogen and oxygen atoms in total. The number of rotatable bonds is 23. The van der Waals surface area contributed by atoms with Gasteiger partial charge in [-0.2, -0.15) is 0 Å². The molecule has 2 aromatic carbocycles. The van der Waals surface area contributed by atoms with E-state index in [-0.39, 0.29) is 19.2 Å². The molecule has 2 aromatic rings. The van der Waals surface area contributed by atoms with Crippen molar-refractivity contribution < 1.29 is 24.4 Å². The first-order valence-electron chi connectivity index (χ1n) is 14.9. The summed E-state index contributed by atoms with van der Waals surface area (Å²) < 4.78 is 11.2. The van der Waals surface area contributed by atoms with Gasteiger partial charge in [-0.1, -0.05) is 139 Å². The first kappa shape index (κ1) is 31.8. The fourth-order valence-corrected chi connectivity index (χ4v) is 4.86. The maximum Gasteiger partial charge on any atom is 0.311 e. The van der Waals surface area contributed by atoms with Crippen molar-refractivity contribution in [3.8, 4) is 5.75 Å². The van der Waals surface area contributed by atoms with Crippen LogP contribution in [0.5, 0.6) is 5.75 Å². The van der Waals surface area contributed by atoms with Gasteiger partial charge in [0.2, 0.25) is 0 Å². The van der Waals surface area contributed by atoms with Gasteiger partial charge in [0.1, 0.15) is 25.1 Å². The number of hydrogen-bond donors (Lipinski definition) is 1. The van der Waals surface area contributed by atoms with E-state index in [1.54, 1.807) is 0 Å². The molecule has 0 saturated heterocycles. The third kappa shape index (κ3) is 14.5. The summed E-state index contributed by atoms with van der Waals surface area (Å²) in [6.45, 7) is 2.70. The molecule has 0 aromatic heterocycles. The van der Waals surface area contributed by atoms with Gasteiger partial charge in [0, 0.05) is 6.42 Å². The van der Waals surface area contributed by atoms with Crippen LogP contribution in [0.15, 0.2) is 60.7 Å². The van der Waals surface area contributed by atoms with Gasteiger partial charge >= 0.3 is 5.97 Å². The smallest absolute Gasteiger partial charge is 0.311 e. The van der Waals surface area contributed by atoms with E-state index in [4.69, 9.17) is 14.4 Å². The molecule has 0 bridgehead atoms. The summed E-state index contributed by atoms with van der Waals surface area (Å²) >= 11 is 0. The zero-order valence-electron chi connectivity index (χ0n) is 23.5. The highest BCUT2D eigenvalue weighted by atomic mass is 17.1. The van der Waals surface area contributed by atoms with Crippen molar-refractivity contribution in [2.24, 2.45) is 5.92 Å². The van der Waals surface area contributed by atoms with E-state index in [0.717, 1.165) is 24.2 Å². The number of ether oxygens (including phenoxy) is 2. The molecule has 0 aliphatic heterocycles. The first-order valence-corrected chi connectivity index (χ1v) is 14.9. The quantitative estimate of drug-likeness (QED) is 0.0678. The Hall–Kier alpha value is -2.37. The SMILES string of the molecule is CCCCCCCCCCCCCCCC(C(=O)OCCOc1ccccc1)C(Cc1ccccc1)OO. The van der Waals surface area contributed by atoms with Crippen LogP contribution in [0, 0.1) is 5.92 Å². The van der Waals surface area contributed by atoms with Crippen molar-refractivity contribution in [2.45, 2.75) is 109 Å². The van der Waals surface area contributed by atoms with E-state index in [0.29, 0.717) is 12.8 Å². The number of benzene rings is 2. The molecule has 2 unspecified atom stereocenters. The van der Waals surface area contributed by atoms with Crippen molar-refractivity contribution in [1.29, 1.82) is 0 Å². The molecule has 0 spiro atoms. The number of carbonyl (C=O) groups excluding carboxylic acids is 1. The lowest BCUT2D eigenvalue weighted by Crippen LogP contribution is -2.34. The zero-order valence-corrected chi connectivity index (χ0v) is 23.5. The minimum Gasteiger partial charge on any atom is -0.490 e. The molecule has 0 radical (unpaired) electrons. The van der Waals surface area contributed by atoms with Gasteiger partial charge < -0.3 is 9.47 Å². The molecule has 0 saturated carbocycles. The van der Waals surface area contributed by atoms with Crippen LogP contribution in [-0.2, 0) is 20.8 Å². The molecule has 2 rings (SSSR count). The summed E-state index contributed by atoms with van der Waals surface area (Å²) in [4.78, 5) is 17.9. The lowest BCUT2D eigenvalue weighted by Gasteiger charge is -2.23. The summed E-state index contributed by atoms with van der Waals surface area (Å²) in [6.07, 6.45) is 17.0. The van der Waals surface area contributed by atoms with Crippen molar-refractivity contribution in [3.05, 3.63) is 66.2 Å². The fourth-order valence-electron chi connectivity index (χ4n) is 4.86. The molecular weight excluding hydrogens is 476 g/mol. The van der Waals surface area contributed by atoms with E-state index < -0.39 is 12.0 Å². The number of para-hydroxylation sites is 1. The van der Waals surface area contributed by atoms with Gasteiger partial charge in [0.05, 0.1) is 5.92 Å². The molecule has 0 amide bonds. The Morgan fingerprint density at radius 1 is 0.711 bits per heavy atom. The first-order chi connectivity index (χ1) is 18.7. The van der Waals surface area contributed by atoms with Crippen molar-refractivity contribution in [3.63, 3.8) is 0 Å². The highest BCUT2D eigenvalue weighted by Crippen LogP contribution is 2.23. The highest BCUT2D eigenvalue weighted by Gasteiger charge is 2.31. The molecule has 0 aliphatic carbocycles. The van der Waals surface area contributed by atoms with Crippen LogP contribution >= 0.6 is 0 Å². The van der Waals surface area contributed by atoms with E-state index in [9.17, 15) is 10.1 Å². The Kier molecular flexibility index (Phi) is 18.1. The Balaban J connectivity index is 1.71. The fraction of sp³-hybridized carbons (Fsp3) is 0.606. The molecular formula is C33H50O5. The number of hydrogen-bond acceptors (Lipinski definition) is 5. The van der Waals surface area contributed by atoms with E-state index in [1.165, 1.54) is 70.6 Å². The Morgan fingerprint density at radius 3 is 1.79 bits per heavy atom. The van der Waals surface area contributed by atoms with Crippen LogP contribution in [0.1, 0.15) is 102 Å². The average molecular weight is 527 g/mol. The summed E-state index contributed by atoms with van der Waals surface area (Å²) in [5, 5.41) is 9.70. The van der Waals surface area contributed by atoms with Crippen LogP contribution in [0.2, 0.25) is 0 Å². The number of carbonyl (C=O) groups is 1. The summed E-state index contributed by atoms with van der Waals surface area (Å²) in [5.41, 5.74) is 1.02. The summed E-state index contributed by atoms with van der Waals surface area (Å²) in [6, 6.07) is 19.3. The minimum absolute atomic E-state index is 0.159. The number of esters is 1. The Morgan fingerprint density at radius 2 is 1.24 bits per heavy atom. The third-order valence-electron chi connectivity index (χ3n) is 7.12. The number of unbranched alkanes of at least 4 members (excludes halogenated alkanes) is 12. The second kappa shape index (κ2) is 21.6. The van der Waals surface area contributed by atoms with Gasteiger partial charge in [0.25, 0.3) is 0 Å². The van der Waals surface area contributed by atoms with Gasteiger partial charge in [0.15, 0.2) is 0 Å². The van der Waals surface area contributed by atoms with Crippen LogP contribution in [-0.4, -0.2) is 30.5 Å². The molecule has 38 heavy (non-hydrogen) atoms. The minimum atomic E-state index is -0.641. The van der Waals surface area contributed by atoms with Crippen LogP contribution in [0.3, 0.4) is 0 Å². The largest absolute Gasteiger partial charge is 0.490 e. The van der Waals surface area contributed by atoms with Crippen LogP contribution < -0.4 is 4.74 Å². The maximum atomic E-state index is 13.0. The molecule has 2 atom stereocenters. The summed E-state index contributed by atoms with van der Waals surface area (Å²) in [5.74, 6) is -0.118. The van der Waals surface area contributed by atoms with E-state index >= 15 is 0 Å². The van der Waals surface area contributed by atoms with Crippen molar-refractivity contribution in [1.82, 2.24) is 0 Å². The van der Waals surface area contributed by atoms with Gasteiger partial charge in [-0.05, 0) is 24.1 Å². The van der Waals surface area contributed by atoms with Crippen LogP contribution in [0.4, 0.5) is 0 Å². The lowest BCUT2D eigenvalue weighted by molar-refractivity contribution is -0.290. The molecule has 0 heterocycles. The Labute approximate surface area is 230 Å². The van der Waals surface area contributed by atoms with Crippen molar-refractivity contribution >= 4 is 5.97 Å². The normalized spacial score (nSPS) is 12.7. The van der Waals surface area contributed by atoms with Crippen LogP contribution in [0.25, 0.3) is 0 Å². The third-order valence-corrected chi connectivity index (χ3v) is 7.12. The Bertz CT molecular complexity index is 811. The monoisotopic (exact) mass is 526 g/mol. The molecule has 5 heteroatoms. The molecule has 212 valence electrons. The predicted molar refractivity (Wildman–Crippen MR) is 154 cm³/mol. The van der Waals surface area contributed by atoms with Crippen molar-refractivity contribution in [2.75, 3.05) is 13.2 Å². The predicted octanol–water partition coefficient (Wildman–Crippen LogP) is 8.81. The van der Waals surface area contributed by atoms with Gasteiger partial charge in [-0.3, -0.25) is 10.1 Å². The molecule has 0 aliphatic rings. The van der Waals surface area contributed by atoms with E-state index in [1.807, 2.05) is 60.7 Å². The lowest BCUT2D eigenvalue weighted by atomic mass is 9.91. The molecule has 0 fully saturated rings. The highest BCUT2D eigenvalue weighted by molar-refractivity contribution is 5.73. The second-order valence-electron chi connectivity index (χ2n) is 10.3. The summed E-state index contributed by atoms with van der Waals surface area (Å²) in [7, 11) is 0. The standard InChI is InChI=1S/C33H50O5/c1-2-3-4-5-6-7-8-9-10-11-12-13-20-25-31(32(38-35)28-29-21-16-14-17-22-29)33(34)37-27-26-36-30-23-18-15-19-24-30/h14-19,21-24,31-32,35H,2-13,20,25-28H2,1H3. The topological polar surface area (TPSA) is 65.0 Å². The van der Waals surface area contributed by atoms with E-state index in [2.05, 4.69) is 6.92 Å². The maximum absolute atomic E-state index is 13.0. The van der Waals surface area contributed by atoms with Gasteiger partial charge in [-0.25, -0.2) is 4.89 Å².